The number of nitro benzene ring substituents is 1. The Hall–Kier alpha value is -2.09. The van der Waals surface area contributed by atoms with Crippen molar-refractivity contribution < 1.29 is 4.92 Å². The summed E-state index contributed by atoms with van der Waals surface area (Å²) in [5.41, 5.74) is 0.797. The zero-order valence-corrected chi connectivity index (χ0v) is 11.1. The molecule has 1 saturated carbocycles. The predicted octanol–water partition coefficient (Wildman–Crippen LogP) is 3.31. The fourth-order valence-corrected chi connectivity index (χ4v) is 2.64. The highest BCUT2D eigenvalue weighted by Crippen LogP contribution is 2.35. The highest BCUT2D eigenvalue weighted by Gasteiger charge is 2.30. The monoisotopic (exact) mass is 259 g/mol. The van der Waals surface area contributed by atoms with Crippen molar-refractivity contribution in [2.24, 2.45) is 11.8 Å². The smallest absolute Gasteiger partial charge is 0.293 e. The van der Waals surface area contributed by atoms with Crippen molar-refractivity contribution >= 4 is 11.4 Å². The van der Waals surface area contributed by atoms with Crippen molar-refractivity contribution in [2.45, 2.75) is 32.7 Å². The first-order valence-electron chi connectivity index (χ1n) is 6.48. The summed E-state index contributed by atoms with van der Waals surface area (Å²) in [7, 11) is 0. The van der Waals surface area contributed by atoms with Crippen molar-refractivity contribution in [3.63, 3.8) is 0 Å². The summed E-state index contributed by atoms with van der Waals surface area (Å²) in [6.07, 6.45) is 2.17. The van der Waals surface area contributed by atoms with Crippen LogP contribution in [-0.2, 0) is 0 Å². The van der Waals surface area contributed by atoms with Crippen LogP contribution in [0, 0.1) is 33.3 Å². The van der Waals surface area contributed by atoms with Crippen LogP contribution in [0.4, 0.5) is 11.4 Å². The molecule has 1 aromatic carbocycles. The first-order chi connectivity index (χ1) is 9.02. The second-order valence-electron chi connectivity index (χ2n) is 5.27. The Morgan fingerprint density at radius 2 is 2.16 bits per heavy atom. The highest BCUT2D eigenvalue weighted by molar-refractivity contribution is 5.64. The molecule has 3 atom stereocenters. The number of nitrogens with one attached hydrogen (secondary N) is 1. The van der Waals surface area contributed by atoms with Gasteiger partial charge in [-0.15, -0.1) is 0 Å². The van der Waals surface area contributed by atoms with Gasteiger partial charge in [-0.25, -0.2) is 0 Å². The van der Waals surface area contributed by atoms with Gasteiger partial charge in [0.25, 0.3) is 5.69 Å². The van der Waals surface area contributed by atoms with Crippen LogP contribution in [0.1, 0.15) is 32.3 Å². The van der Waals surface area contributed by atoms with Crippen LogP contribution in [-0.4, -0.2) is 11.0 Å². The van der Waals surface area contributed by atoms with E-state index < -0.39 is 4.92 Å². The molecule has 2 rings (SSSR count). The van der Waals surface area contributed by atoms with Gasteiger partial charge in [-0.1, -0.05) is 13.8 Å². The minimum absolute atomic E-state index is 0.0224. The Morgan fingerprint density at radius 1 is 1.42 bits per heavy atom. The Balaban J connectivity index is 2.25. The Kier molecular flexibility index (Phi) is 3.70. The average Bonchev–Trinajstić information content (AvgIpc) is 2.71. The zero-order chi connectivity index (χ0) is 14.0. The highest BCUT2D eigenvalue weighted by atomic mass is 16.6. The average molecular weight is 259 g/mol. The first kappa shape index (κ1) is 13.3. The largest absolute Gasteiger partial charge is 0.376 e. The fourth-order valence-electron chi connectivity index (χ4n) is 2.64. The van der Waals surface area contributed by atoms with Crippen molar-refractivity contribution in [1.29, 1.82) is 5.26 Å². The normalized spacial score (nSPS) is 25.8. The number of benzene rings is 1. The van der Waals surface area contributed by atoms with E-state index in [-0.39, 0.29) is 11.7 Å². The number of nitriles is 1. The molecule has 0 aliphatic heterocycles. The zero-order valence-electron chi connectivity index (χ0n) is 11.1. The van der Waals surface area contributed by atoms with E-state index in [0.717, 1.165) is 12.8 Å². The van der Waals surface area contributed by atoms with E-state index in [1.807, 2.05) is 6.07 Å². The number of nitro groups is 1. The molecule has 1 aliphatic carbocycles. The molecule has 1 aromatic rings. The third kappa shape index (κ3) is 2.68. The number of hydrogen-bond acceptors (Lipinski definition) is 4. The summed E-state index contributed by atoms with van der Waals surface area (Å²) in [6, 6.07) is 6.76. The lowest BCUT2D eigenvalue weighted by Crippen LogP contribution is -2.24. The van der Waals surface area contributed by atoms with Gasteiger partial charge in [-0.3, -0.25) is 10.1 Å². The Bertz CT molecular complexity index is 536. The fraction of sp³-hybridized carbons (Fsp3) is 0.500. The topological polar surface area (TPSA) is 79.0 Å². The maximum Gasteiger partial charge on any atom is 0.293 e. The summed E-state index contributed by atoms with van der Waals surface area (Å²) in [4.78, 5) is 10.6. The molecule has 0 aromatic heterocycles. The number of rotatable bonds is 3. The lowest BCUT2D eigenvalue weighted by Gasteiger charge is -2.20. The molecular weight excluding hydrogens is 242 g/mol. The van der Waals surface area contributed by atoms with E-state index in [1.54, 1.807) is 12.1 Å². The number of anilines is 1. The van der Waals surface area contributed by atoms with Crippen molar-refractivity contribution in [3.8, 4) is 6.07 Å². The molecule has 0 radical (unpaired) electrons. The van der Waals surface area contributed by atoms with Crippen LogP contribution in [0.15, 0.2) is 18.2 Å². The van der Waals surface area contributed by atoms with Gasteiger partial charge in [0, 0.05) is 12.1 Å². The van der Waals surface area contributed by atoms with Gasteiger partial charge in [0.05, 0.1) is 16.6 Å². The van der Waals surface area contributed by atoms with Gasteiger partial charge in [0.1, 0.15) is 5.69 Å². The lowest BCUT2D eigenvalue weighted by molar-refractivity contribution is -0.384. The summed E-state index contributed by atoms with van der Waals surface area (Å²) in [5, 5.41) is 23.1. The van der Waals surface area contributed by atoms with Crippen LogP contribution in [0.25, 0.3) is 0 Å². The lowest BCUT2D eigenvalue weighted by atomic mass is 9.97. The molecule has 5 nitrogen and oxygen atoms in total. The molecule has 19 heavy (non-hydrogen) atoms. The molecule has 1 aliphatic rings. The minimum Gasteiger partial charge on any atom is -0.376 e. The molecule has 0 spiro atoms. The first-order valence-corrected chi connectivity index (χ1v) is 6.48. The van der Waals surface area contributed by atoms with Gasteiger partial charge >= 0.3 is 0 Å². The molecule has 0 bridgehead atoms. The van der Waals surface area contributed by atoms with E-state index in [4.69, 9.17) is 5.26 Å². The quantitative estimate of drug-likeness (QED) is 0.667. The molecule has 1 fully saturated rings. The molecule has 0 heterocycles. The minimum atomic E-state index is -0.438. The molecule has 3 unspecified atom stereocenters. The van der Waals surface area contributed by atoms with Gasteiger partial charge in [0.2, 0.25) is 0 Å². The van der Waals surface area contributed by atoms with Crippen molar-refractivity contribution in [1.82, 2.24) is 0 Å². The summed E-state index contributed by atoms with van der Waals surface area (Å²) < 4.78 is 0. The molecular formula is C14H17N3O2. The SMILES string of the molecule is CC1CCC(Nc2ccc(C#N)cc2[N+](=O)[O-])C1C. The summed E-state index contributed by atoms with van der Waals surface area (Å²) in [5.74, 6) is 1.13. The van der Waals surface area contributed by atoms with E-state index in [9.17, 15) is 10.1 Å². The van der Waals surface area contributed by atoms with Gasteiger partial charge in [-0.2, -0.15) is 5.26 Å². The third-order valence-corrected chi connectivity index (χ3v) is 4.13. The molecule has 100 valence electrons. The molecule has 5 heteroatoms. The maximum atomic E-state index is 11.1. The van der Waals surface area contributed by atoms with E-state index >= 15 is 0 Å². The van der Waals surface area contributed by atoms with Crippen LogP contribution in [0.5, 0.6) is 0 Å². The summed E-state index contributed by atoms with van der Waals surface area (Å²) >= 11 is 0. The van der Waals surface area contributed by atoms with Crippen molar-refractivity contribution in [2.75, 3.05) is 5.32 Å². The van der Waals surface area contributed by atoms with Crippen LogP contribution in [0.3, 0.4) is 0 Å². The van der Waals surface area contributed by atoms with E-state index in [1.165, 1.54) is 6.07 Å². The second-order valence-corrected chi connectivity index (χ2v) is 5.27. The Labute approximate surface area is 112 Å². The van der Waals surface area contributed by atoms with Gasteiger partial charge in [-0.05, 0) is 36.8 Å². The van der Waals surface area contributed by atoms with Crippen LogP contribution < -0.4 is 5.32 Å². The molecule has 1 N–H and O–H groups in total. The van der Waals surface area contributed by atoms with E-state index in [2.05, 4.69) is 19.2 Å². The van der Waals surface area contributed by atoms with Gasteiger partial charge < -0.3 is 5.32 Å². The number of hydrogen-bond donors (Lipinski definition) is 1. The van der Waals surface area contributed by atoms with Gasteiger partial charge in [0.15, 0.2) is 0 Å². The van der Waals surface area contributed by atoms with Crippen LogP contribution in [0.2, 0.25) is 0 Å². The van der Waals surface area contributed by atoms with E-state index in [0.29, 0.717) is 23.1 Å². The maximum absolute atomic E-state index is 11.1. The second kappa shape index (κ2) is 5.27. The Morgan fingerprint density at radius 3 is 2.68 bits per heavy atom. The number of nitrogens with zero attached hydrogens (tertiary/aromatic N) is 2. The van der Waals surface area contributed by atoms with Crippen molar-refractivity contribution in [3.05, 3.63) is 33.9 Å². The molecule has 0 saturated heterocycles. The summed E-state index contributed by atoms with van der Waals surface area (Å²) in [6.45, 7) is 4.38. The van der Waals surface area contributed by atoms with Crippen LogP contribution >= 0.6 is 0 Å². The predicted molar refractivity (Wildman–Crippen MR) is 72.8 cm³/mol. The standard InChI is InChI=1S/C14H17N3O2/c1-9-3-5-12(10(9)2)16-13-6-4-11(8-15)7-14(13)17(18)19/h4,6-7,9-10,12,16H,3,5H2,1-2H3. The third-order valence-electron chi connectivity index (χ3n) is 4.13. The molecule has 0 amide bonds.